The molecule has 4 nitrogen and oxygen atoms in total. The van der Waals surface area contributed by atoms with Gasteiger partial charge in [-0.15, -0.1) is 11.3 Å². The maximum absolute atomic E-state index is 12.9. The molecule has 0 radical (unpaired) electrons. The van der Waals surface area contributed by atoms with E-state index < -0.39 is 9.84 Å². The second-order valence-electron chi connectivity index (χ2n) is 5.58. The summed E-state index contributed by atoms with van der Waals surface area (Å²) < 4.78 is 24.5. The van der Waals surface area contributed by atoms with Crippen LogP contribution in [-0.2, 0) is 16.4 Å². The summed E-state index contributed by atoms with van der Waals surface area (Å²) in [6.45, 7) is 0.451. The summed E-state index contributed by atoms with van der Waals surface area (Å²) in [6, 6.07) is 10.8. The Kier molecular flexibility index (Phi) is 4.89. The summed E-state index contributed by atoms with van der Waals surface area (Å²) in [5.74, 6) is 0.0976. The van der Waals surface area contributed by atoms with E-state index in [2.05, 4.69) is 15.9 Å². The van der Waals surface area contributed by atoms with Crippen molar-refractivity contribution in [2.24, 2.45) is 0 Å². The molecule has 3 rings (SSSR count). The number of nitrogens with zero attached hydrogens (tertiary/aromatic N) is 1. The summed E-state index contributed by atoms with van der Waals surface area (Å²) in [6.07, 6.45) is 0.510. The molecule has 122 valence electrons. The van der Waals surface area contributed by atoms with Gasteiger partial charge in [-0.2, -0.15) is 0 Å². The largest absolute Gasteiger partial charge is 0.329 e. The van der Waals surface area contributed by atoms with Gasteiger partial charge >= 0.3 is 0 Å². The Morgan fingerprint density at radius 2 is 2.00 bits per heavy atom. The standard InChI is InChI=1S/C16H16BrNO3S2/c17-13-5-3-12(4-6-13)16(19)18(10-15-2-1-8-22-15)14-7-9-23(20,21)11-14/h1-6,8,14H,7,9-11H2. The number of thiophene rings is 1. The molecule has 7 heteroatoms. The van der Waals surface area contributed by atoms with E-state index in [9.17, 15) is 13.2 Å². The average molecular weight is 414 g/mol. The molecule has 0 aliphatic carbocycles. The molecular formula is C16H16BrNO3S2. The van der Waals surface area contributed by atoms with Crippen LogP contribution >= 0.6 is 27.3 Å². The maximum Gasteiger partial charge on any atom is 0.254 e. The van der Waals surface area contributed by atoms with Crippen molar-refractivity contribution in [2.75, 3.05) is 11.5 Å². The molecule has 0 saturated carbocycles. The third-order valence-electron chi connectivity index (χ3n) is 3.91. The van der Waals surface area contributed by atoms with E-state index in [1.54, 1.807) is 28.4 Å². The van der Waals surface area contributed by atoms with Crippen molar-refractivity contribution >= 4 is 43.0 Å². The molecule has 1 fully saturated rings. The molecule has 2 aromatic rings. The zero-order chi connectivity index (χ0) is 16.4. The highest BCUT2D eigenvalue weighted by Gasteiger charge is 2.35. The zero-order valence-corrected chi connectivity index (χ0v) is 15.5. The molecular weight excluding hydrogens is 398 g/mol. The molecule has 0 N–H and O–H groups in total. The fourth-order valence-electron chi connectivity index (χ4n) is 2.72. The van der Waals surface area contributed by atoms with E-state index in [0.717, 1.165) is 9.35 Å². The first kappa shape index (κ1) is 16.7. The molecule has 1 atom stereocenters. The Morgan fingerprint density at radius 3 is 2.57 bits per heavy atom. The van der Waals surface area contributed by atoms with Gasteiger partial charge < -0.3 is 4.90 Å². The third kappa shape index (κ3) is 4.02. The van der Waals surface area contributed by atoms with E-state index in [4.69, 9.17) is 0 Å². The van der Waals surface area contributed by atoms with Crippen LogP contribution in [0.25, 0.3) is 0 Å². The minimum Gasteiger partial charge on any atom is -0.329 e. The number of carbonyl (C=O) groups is 1. The van der Waals surface area contributed by atoms with Gasteiger partial charge in [-0.05, 0) is 42.1 Å². The Bertz CT molecular complexity index is 785. The highest BCUT2D eigenvalue weighted by molar-refractivity contribution is 9.10. The molecule has 1 aliphatic heterocycles. The van der Waals surface area contributed by atoms with Crippen LogP contribution in [0.2, 0.25) is 0 Å². The quantitative estimate of drug-likeness (QED) is 0.771. The average Bonchev–Trinajstić information content (AvgIpc) is 3.14. The molecule has 0 bridgehead atoms. The van der Waals surface area contributed by atoms with Crippen LogP contribution in [0.15, 0.2) is 46.3 Å². The van der Waals surface area contributed by atoms with Crippen molar-refractivity contribution in [3.8, 4) is 0 Å². The Morgan fingerprint density at radius 1 is 1.26 bits per heavy atom. The highest BCUT2D eigenvalue weighted by atomic mass is 79.9. The molecule has 2 heterocycles. The van der Waals surface area contributed by atoms with Crippen LogP contribution in [0.3, 0.4) is 0 Å². The molecule has 1 aromatic carbocycles. The van der Waals surface area contributed by atoms with Crippen LogP contribution in [0.4, 0.5) is 0 Å². The van der Waals surface area contributed by atoms with Crippen molar-refractivity contribution < 1.29 is 13.2 Å². The topological polar surface area (TPSA) is 54.5 Å². The lowest BCUT2D eigenvalue weighted by atomic mass is 10.1. The maximum atomic E-state index is 12.9. The van der Waals surface area contributed by atoms with Crippen molar-refractivity contribution in [3.63, 3.8) is 0 Å². The predicted octanol–water partition coefficient (Wildman–Crippen LogP) is 3.34. The van der Waals surface area contributed by atoms with Gasteiger partial charge in [0, 0.05) is 21.0 Å². The fraction of sp³-hybridized carbons (Fsp3) is 0.312. The van der Waals surface area contributed by atoms with Crippen LogP contribution < -0.4 is 0 Å². The Hall–Kier alpha value is -1.18. The molecule has 1 aromatic heterocycles. The number of carbonyl (C=O) groups excluding carboxylic acids is 1. The molecule has 1 unspecified atom stereocenters. The van der Waals surface area contributed by atoms with Crippen LogP contribution in [-0.4, -0.2) is 36.8 Å². The lowest BCUT2D eigenvalue weighted by Gasteiger charge is -2.28. The van der Waals surface area contributed by atoms with Gasteiger partial charge in [0.1, 0.15) is 0 Å². The van der Waals surface area contributed by atoms with Crippen LogP contribution in [0.1, 0.15) is 21.7 Å². The first-order valence-corrected chi connectivity index (χ1v) is 10.7. The second kappa shape index (κ2) is 6.75. The number of rotatable bonds is 4. The number of amides is 1. The van der Waals surface area contributed by atoms with Crippen LogP contribution in [0, 0.1) is 0 Å². The van der Waals surface area contributed by atoms with Crippen LogP contribution in [0.5, 0.6) is 0 Å². The fourth-order valence-corrected chi connectivity index (χ4v) is 5.41. The molecule has 1 saturated heterocycles. The van der Waals surface area contributed by atoms with E-state index in [1.807, 2.05) is 29.6 Å². The number of halogens is 1. The van der Waals surface area contributed by atoms with E-state index in [0.29, 0.717) is 18.5 Å². The van der Waals surface area contributed by atoms with Gasteiger partial charge in [-0.1, -0.05) is 22.0 Å². The minimum atomic E-state index is -3.04. The molecule has 23 heavy (non-hydrogen) atoms. The number of benzene rings is 1. The Balaban J connectivity index is 1.88. The number of hydrogen-bond acceptors (Lipinski definition) is 4. The van der Waals surface area contributed by atoms with Gasteiger partial charge in [0.05, 0.1) is 18.1 Å². The van der Waals surface area contributed by atoms with Crippen molar-refractivity contribution in [1.82, 2.24) is 4.90 Å². The lowest BCUT2D eigenvalue weighted by Crippen LogP contribution is -2.40. The molecule has 1 aliphatic rings. The van der Waals surface area contributed by atoms with Gasteiger partial charge in [-0.3, -0.25) is 4.79 Å². The van der Waals surface area contributed by atoms with Crippen molar-refractivity contribution in [1.29, 1.82) is 0 Å². The third-order valence-corrected chi connectivity index (χ3v) is 7.05. The minimum absolute atomic E-state index is 0.0562. The second-order valence-corrected chi connectivity index (χ2v) is 9.75. The van der Waals surface area contributed by atoms with Gasteiger partial charge in [0.15, 0.2) is 9.84 Å². The summed E-state index contributed by atoms with van der Waals surface area (Å²) in [5.41, 5.74) is 0.578. The first-order chi connectivity index (χ1) is 10.9. The summed E-state index contributed by atoms with van der Waals surface area (Å²) in [4.78, 5) is 15.7. The molecule has 1 amide bonds. The van der Waals surface area contributed by atoms with E-state index in [-0.39, 0.29) is 23.5 Å². The number of hydrogen-bond donors (Lipinski definition) is 0. The summed E-state index contributed by atoms with van der Waals surface area (Å²) in [7, 11) is -3.04. The molecule has 0 spiro atoms. The normalized spacial score (nSPS) is 19.6. The summed E-state index contributed by atoms with van der Waals surface area (Å²) >= 11 is 4.93. The van der Waals surface area contributed by atoms with Gasteiger partial charge in [0.25, 0.3) is 5.91 Å². The van der Waals surface area contributed by atoms with Crippen molar-refractivity contribution in [3.05, 3.63) is 56.7 Å². The van der Waals surface area contributed by atoms with E-state index in [1.165, 1.54) is 0 Å². The van der Waals surface area contributed by atoms with Crippen molar-refractivity contribution in [2.45, 2.75) is 19.0 Å². The summed E-state index contributed by atoms with van der Waals surface area (Å²) in [5, 5.41) is 1.96. The predicted molar refractivity (Wildman–Crippen MR) is 95.4 cm³/mol. The zero-order valence-electron chi connectivity index (χ0n) is 12.3. The SMILES string of the molecule is O=C(c1ccc(Br)cc1)N(Cc1cccs1)C1CCS(=O)(=O)C1. The highest BCUT2D eigenvalue weighted by Crippen LogP contribution is 2.24. The Labute approximate surface area is 148 Å². The van der Waals surface area contributed by atoms with E-state index >= 15 is 0 Å². The first-order valence-electron chi connectivity index (χ1n) is 7.24. The van der Waals surface area contributed by atoms with Gasteiger partial charge in [-0.25, -0.2) is 8.42 Å². The lowest BCUT2D eigenvalue weighted by molar-refractivity contribution is 0.0683. The smallest absolute Gasteiger partial charge is 0.254 e. The van der Waals surface area contributed by atoms with Gasteiger partial charge in [0.2, 0.25) is 0 Å². The monoisotopic (exact) mass is 413 g/mol. The number of sulfone groups is 1.